The minimum Gasteiger partial charge on any atom is -0.417 e. The molecule has 1 amide bonds. The van der Waals surface area contributed by atoms with Crippen molar-refractivity contribution in [1.29, 1.82) is 0 Å². The normalized spacial score (nSPS) is 17.7. The molecule has 0 saturated carbocycles. The van der Waals surface area contributed by atoms with Crippen LogP contribution in [0, 0.1) is 5.92 Å². The molecule has 1 atom stereocenters. The van der Waals surface area contributed by atoms with Gasteiger partial charge in [-0.2, -0.15) is 0 Å². The molecule has 1 aliphatic heterocycles. The number of likely N-dealkylation sites (tertiary alicyclic amines) is 1. The molecular formula is C19H23N5O2. The highest BCUT2D eigenvalue weighted by molar-refractivity contribution is 5.89. The number of hydrogen-bond acceptors (Lipinski definition) is 5. The molecular weight excluding hydrogens is 330 g/mol. The lowest BCUT2D eigenvalue weighted by Gasteiger charge is -2.31. The monoisotopic (exact) mass is 353 g/mol. The van der Waals surface area contributed by atoms with E-state index >= 15 is 0 Å². The second-order valence-corrected chi connectivity index (χ2v) is 6.92. The predicted octanol–water partition coefficient (Wildman–Crippen LogP) is 2.99. The molecule has 3 heterocycles. The molecule has 7 heteroatoms. The number of para-hydroxylation sites is 2. The molecule has 1 N–H and O–H groups in total. The second-order valence-electron chi connectivity index (χ2n) is 6.92. The number of H-pyrrole nitrogens is 1. The topological polar surface area (TPSA) is 87.9 Å². The van der Waals surface area contributed by atoms with E-state index in [9.17, 15) is 4.79 Å². The van der Waals surface area contributed by atoms with Gasteiger partial charge in [-0.05, 0) is 37.3 Å². The third-order valence-corrected chi connectivity index (χ3v) is 4.84. The first-order chi connectivity index (χ1) is 12.7. The van der Waals surface area contributed by atoms with Crippen molar-refractivity contribution in [1.82, 2.24) is 25.1 Å². The Hall–Kier alpha value is -2.70. The summed E-state index contributed by atoms with van der Waals surface area (Å²) in [6, 6.07) is 8.04. The second kappa shape index (κ2) is 7.27. The predicted molar refractivity (Wildman–Crippen MR) is 96.7 cm³/mol. The number of aromatic nitrogens is 4. The number of carbonyl (C=O) groups excluding carboxylic acids is 1. The Labute approximate surface area is 151 Å². The Morgan fingerprint density at radius 3 is 3.08 bits per heavy atom. The van der Waals surface area contributed by atoms with Crippen LogP contribution in [0.5, 0.6) is 0 Å². The molecule has 136 valence electrons. The maximum absolute atomic E-state index is 12.7. The van der Waals surface area contributed by atoms with Crippen LogP contribution in [0.15, 0.2) is 28.7 Å². The van der Waals surface area contributed by atoms with Gasteiger partial charge in [0, 0.05) is 25.9 Å². The third-order valence-electron chi connectivity index (χ3n) is 4.84. The molecule has 1 aromatic carbocycles. The molecule has 2 aromatic heterocycles. The van der Waals surface area contributed by atoms with Crippen molar-refractivity contribution in [3.8, 4) is 0 Å². The molecule has 1 fully saturated rings. The zero-order chi connectivity index (χ0) is 17.9. The fraction of sp³-hybridized carbons (Fsp3) is 0.474. The van der Waals surface area contributed by atoms with Crippen LogP contribution < -0.4 is 0 Å². The Morgan fingerprint density at radius 2 is 2.23 bits per heavy atom. The third kappa shape index (κ3) is 3.47. The minimum absolute atomic E-state index is 0.109. The number of imidazole rings is 1. The van der Waals surface area contributed by atoms with Crippen LogP contribution in [0.25, 0.3) is 11.0 Å². The molecule has 0 spiro atoms. The van der Waals surface area contributed by atoms with Gasteiger partial charge in [0.15, 0.2) is 0 Å². The first-order valence-corrected chi connectivity index (χ1v) is 9.28. The summed E-state index contributed by atoms with van der Waals surface area (Å²) >= 11 is 0. The van der Waals surface area contributed by atoms with Crippen molar-refractivity contribution in [3.05, 3.63) is 41.9 Å². The van der Waals surface area contributed by atoms with E-state index in [0.29, 0.717) is 24.8 Å². The zero-order valence-electron chi connectivity index (χ0n) is 14.9. The first-order valence-electron chi connectivity index (χ1n) is 9.28. The van der Waals surface area contributed by atoms with Crippen molar-refractivity contribution in [3.63, 3.8) is 0 Å². The highest BCUT2D eigenvalue weighted by Crippen LogP contribution is 2.22. The number of rotatable bonds is 5. The van der Waals surface area contributed by atoms with Gasteiger partial charge in [0.2, 0.25) is 5.89 Å². The van der Waals surface area contributed by atoms with Gasteiger partial charge in [0.05, 0.1) is 11.0 Å². The average molecular weight is 353 g/mol. The molecule has 1 saturated heterocycles. The van der Waals surface area contributed by atoms with Crippen molar-refractivity contribution >= 4 is 16.9 Å². The van der Waals surface area contributed by atoms with Crippen molar-refractivity contribution in [2.45, 2.75) is 39.0 Å². The van der Waals surface area contributed by atoms with Crippen LogP contribution in [-0.2, 0) is 12.8 Å². The van der Waals surface area contributed by atoms with Gasteiger partial charge in [-0.25, -0.2) is 4.98 Å². The van der Waals surface area contributed by atoms with Gasteiger partial charge in [-0.15, -0.1) is 10.2 Å². The van der Waals surface area contributed by atoms with Gasteiger partial charge < -0.3 is 14.3 Å². The van der Waals surface area contributed by atoms with Crippen molar-refractivity contribution in [2.24, 2.45) is 5.92 Å². The Balaban J connectivity index is 1.42. The Morgan fingerprint density at radius 1 is 1.35 bits per heavy atom. The van der Waals surface area contributed by atoms with Gasteiger partial charge >= 0.3 is 11.8 Å². The number of fused-ring (bicyclic) bond motifs is 1. The largest absolute Gasteiger partial charge is 0.417 e. The summed E-state index contributed by atoms with van der Waals surface area (Å²) in [5, 5.41) is 7.88. The number of benzene rings is 1. The SMILES string of the molecule is CCCc1nnc(C(=O)N2CCCC(Cc3nc4ccccc4[nH]3)C2)o1. The summed E-state index contributed by atoms with van der Waals surface area (Å²) in [4.78, 5) is 22.5. The summed E-state index contributed by atoms with van der Waals surface area (Å²) in [5.74, 6) is 1.85. The number of hydrogen-bond donors (Lipinski definition) is 1. The van der Waals surface area contributed by atoms with Crippen LogP contribution in [-0.4, -0.2) is 44.1 Å². The van der Waals surface area contributed by atoms with Crippen molar-refractivity contribution < 1.29 is 9.21 Å². The van der Waals surface area contributed by atoms with E-state index in [4.69, 9.17) is 4.42 Å². The van der Waals surface area contributed by atoms with E-state index < -0.39 is 0 Å². The van der Waals surface area contributed by atoms with Gasteiger partial charge in [0.25, 0.3) is 0 Å². The number of aromatic amines is 1. The molecule has 4 rings (SSSR count). The maximum Gasteiger partial charge on any atom is 0.311 e. The van der Waals surface area contributed by atoms with Crippen LogP contribution in [0.4, 0.5) is 0 Å². The molecule has 3 aromatic rings. The molecule has 1 aliphatic rings. The number of amides is 1. The van der Waals surface area contributed by atoms with Crippen LogP contribution in [0.3, 0.4) is 0 Å². The van der Waals surface area contributed by atoms with Crippen LogP contribution >= 0.6 is 0 Å². The van der Waals surface area contributed by atoms with E-state index in [-0.39, 0.29) is 11.8 Å². The number of nitrogens with one attached hydrogen (secondary N) is 1. The van der Waals surface area contributed by atoms with E-state index in [0.717, 1.165) is 49.1 Å². The lowest BCUT2D eigenvalue weighted by molar-refractivity contribution is 0.0630. The number of piperidine rings is 1. The summed E-state index contributed by atoms with van der Waals surface area (Å²) in [7, 11) is 0. The van der Waals surface area contributed by atoms with Gasteiger partial charge in [0.1, 0.15) is 5.82 Å². The Bertz CT molecular complexity index is 867. The highest BCUT2D eigenvalue weighted by Gasteiger charge is 2.28. The average Bonchev–Trinajstić information content (AvgIpc) is 3.28. The van der Waals surface area contributed by atoms with E-state index in [1.54, 1.807) is 0 Å². The molecule has 26 heavy (non-hydrogen) atoms. The van der Waals surface area contributed by atoms with Crippen LogP contribution in [0.2, 0.25) is 0 Å². The van der Waals surface area contributed by atoms with E-state index in [2.05, 4.69) is 20.2 Å². The smallest absolute Gasteiger partial charge is 0.311 e. The summed E-state index contributed by atoms with van der Waals surface area (Å²) in [6.07, 6.45) is 4.52. The summed E-state index contributed by atoms with van der Waals surface area (Å²) < 4.78 is 5.50. The molecule has 1 unspecified atom stereocenters. The quantitative estimate of drug-likeness (QED) is 0.762. The number of aryl methyl sites for hydroxylation is 1. The lowest BCUT2D eigenvalue weighted by atomic mass is 9.94. The molecule has 7 nitrogen and oxygen atoms in total. The highest BCUT2D eigenvalue weighted by atomic mass is 16.4. The minimum atomic E-state index is -0.158. The molecule has 0 bridgehead atoms. The van der Waals surface area contributed by atoms with E-state index in [1.807, 2.05) is 36.1 Å². The summed E-state index contributed by atoms with van der Waals surface area (Å²) in [5.41, 5.74) is 2.04. The number of nitrogens with zero attached hydrogens (tertiary/aromatic N) is 4. The Kier molecular flexibility index (Phi) is 4.69. The summed E-state index contributed by atoms with van der Waals surface area (Å²) in [6.45, 7) is 3.47. The molecule has 0 radical (unpaired) electrons. The van der Waals surface area contributed by atoms with Gasteiger partial charge in [-0.1, -0.05) is 19.1 Å². The molecule has 0 aliphatic carbocycles. The standard InChI is InChI=1S/C19H23N5O2/c1-2-6-17-22-23-18(26-17)19(25)24-10-5-7-13(12-24)11-16-20-14-8-3-4-9-15(14)21-16/h3-4,8-9,13H,2,5-7,10-12H2,1H3,(H,20,21). The van der Waals surface area contributed by atoms with E-state index in [1.165, 1.54) is 0 Å². The maximum atomic E-state index is 12.7. The number of carbonyl (C=O) groups is 1. The lowest BCUT2D eigenvalue weighted by Crippen LogP contribution is -2.40. The van der Waals surface area contributed by atoms with Crippen LogP contribution in [0.1, 0.15) is 48.6 Å². The zero-order valence-corrected chi connectivity index (χ0v) is 14.9. The fourth-order valence-electron chi connectivity index (χ4n) is 3.58. The van der Waals surface area contributed by atoms with Crippen molar-refractivity contribution in [2.75, 3.05) is 13.1 Å². The first kappa shape index (κ1) is 16.8. The fourth-order valence-corrected chi connectivity index (χ4v) is 3.58. The van der Waals surface area contributed by atoms with Gasteiger partial charge in [-0.3, -0.25) is 4.79 Å².